The molecular weight excluding hydrogens is 316 g/mol. The van der Waals surface area contributed by atoms with Crippen molar-refractivity contribution < 1.29 is 14.3 Å². The molecule has 4 rings (SSSR count). The largest absolute Gasteiger partial charge is 0.507 e. The summed E-state index contributed by atoms with van der Waals surface area (Å²) < 4.78 is 5.49. The number of benzene rings is 3. The molecule has 5 nitrogen and oxygen atoms in total. The Balaban J connectivity index is 1.58. The van der Waals surface area contributed by atoms with Crippen LogP contribution in [0, 0.1) is 0 Å². The monoisotopic (exact) mass is 330 g/mol. The van der Waals surface area contributed by atoms with Gasteiger partial charge in [0.25, 0.3) is 0 Å². The summed E-state index contributed by atoms with van der Waals surface area (Å²) in [4.78, 5) is 12.2. The Kier molecular flexibility index (Phi) is 3.67. The van der Waals surface area contributed by atoms with Gasteiger partial charge in [0.15, 0.2) is 5.76 Å². The standard InChI is InChI=1S/C20H14N2O3/c23-17-10-9-13-5-1-3-7-15(13)16(17)12-21-22-20(24)19-11-14-6-2-4-8-18(14)25-19/h1-12,23H,(H,22,24)/b21-12-. The normalized spacial score (nSPS) is 11.4. The highest BCUT2D eigenvalue weighted by Crippen LogP contribution is 2.25. The lowest BCUT2D eigenvalue weighted by molar-refractivity contribution is 0.0929. The molecule has 1 amide bonds. The van der Waals surface area contributed by atoms with E-state index in [0.717, 1.165) is 16.2 Å². The number of hydrogen-bond acceptors (Lipinski definition) is 4. The van der Waals surface area contributed by atoms with E-state index in [4.69, 9.17) is 4.42 Å². The van der Waals surface area contributed by atoms with Gasteiger partial charge in [-0.25, -0.2) is 5.43 Å². The molecule has 4 aromatic rings. The van der Waals surface area contributed by atoms with Crippen molar-refractivity contribution in [3.63, 3.8) is 0 Å². The van der Waals surface area contributed by atoms with Gasteiger partial charge >= 0.3 is 5.91 Å². The van der Waals surface area contributed by atoms with Crippen LogP contribution in [-0.4, -0.2) is 17.2 Å². The lowest BCUT2D eigenvalue weighted by Crippen LogP contribution is -2.16. The molecule has 122 valence electrons. The van der Waals surface area contributed by atoms with Crippen molar-refractivity contribution in [2.45, 2.75) is 0 Å². The van der Waals surface area contributed by atoms with Gasteiger partial charge in [0.1, 0.15) is 11.3 Å². The Labute approximate surface area is 143 Å². The SMILES string of the molecule is O=C(N/N=C\c1c(O)ccc2ccccc12)c1cc2ccccc2o1. The summed E-state index contributed by atoms with van der Waals surface area (Å²) in [6, 6.07) is 20.1. The number of aromatic hydroxyl groups is 1. The second-order valence-electron chi connectivity index (χ2n) is 5.57. The molecule has 0 aliphatic rings. The zero-order chi connectivity index (χ0) is 17.2. The summed E-state index contributed by atoms with van der Waals surface area (Å²) in [5.41, 5.74) is 3.61. The van der Waals surface area contributed by atoms with Gasteiger partial charge in [0.2, 0.25) is 0 Å². The number of nitrogens with one attached hydrogen (secondary N) is 1. The van der Waals surface area contributed by atoms with Crippen molar-refractivity contribution in [3.05, 3.63) is 78.1 Å². The molecule has 0 spiro atoms. The van der Waals surface area contributed by atoms with E-state index >= 15 is 0 Å². The summed E-state index contributed by atoms with van der Waals surface area (Å²) >= 11 is 0. The van der Waals surface area contributed by atoms with Crippen molar-refractivity contribution >= 4 is 33.9 Å². The first-order valence-corrected chi connectivity index (χ1v) is 7.75. The number of fused-ring (bicyclic) bond motifs is 2. The molecule has 5 heteroatoms. The van der Waals surface area contributed by atoms with Crippen LogP contribution in [-0.2, 0) is 0 Å². The lowest BCUT2D eigenvalue weighted by Gasteiger charge is -2.04. The number of furan rings is 1. The van der Waals surface area contributed by atoms with Crippen LogP contribution in [0.15, 0.2) is 76.2 Å². The van der Waals surface area contributed by atoms with Gasteiger partial charge in [-0.3, -0.25) is 4.79 Å². The summed E-state index contributed by atoms with van der Waals surface area (Å²) in [5.74, 6) is -0.173. The van der Waals surface area contributed by atoms with Crippen LogP contribution in [0.4, 0.5) is 0 Å². The Morgan fingerprint density at radius 1 is 1.00 bits per heavy atom. The highest BCUT2D eigenvalue weighted by molar-refractivity contribution is 6.03. The number of phenolic OH excluding ortho intramolecular Hbond substituents is 1. The summed E-state index contributed by atoms with van der Waals surface area (Å²) in [5, 5.41) is 16.7. The first-order valence-electron chi connectivity index (χ1n) is 7.75. The topological polar surface area (TPSA) is 74.8 Å². The predicted molar refractivity (Wildman–Crippen MR) is 96.9 cm³/mol. The van der Waals surface area contributed by atoms with E-state index in [1.807, 2.05) is 48.5 Å². The zero-order valence-electron chi connectivity index (χ0n) is 13.1. The quantitative estimate of drug-likeness (QED) is 0.439. The summed E-state index contributed by atoms with van der Waals surface area (Å²) in [7, 11) is 0. The molecule has 0 atom stereocenters. The zero-order valence-corrected chi connectivity index (χ0v) is 13.1. The molecule has 0 aliphatic heterocycles. The van der Waals surface area contributed by atoms with Crippen LogP contribution in [0.3, 0.4) is 0 Å². The van der Waals surface area contributed by atoms with Gasteiger partial charge in [0, 0.05) is 10.9 Å². The first-order chi connectivity index (χ1) is 12.2. The van der Waals surface area contributed by atoms with Gasteiger partial charge in [-0.2, -0.15) is 5.10 Å². The van der Waals surface area contributed by atoms with Gasteiger partial charge in [-0.15, -0.1) is 0 Å². The van der Waals surface area contributed by atoms with E-state index in [2.05, 4.69) is 10.5 Å². The molecule has 2 N–H and O–H groups in total. The van der Waals surface area contributed by atoms with Crippen LogP contribution in [0.5, 0.6) is 5.75 Å². The molecule has 0 unspecified atom stereocenters. The molecule has 1 heterocycles. The molecule has 0 saturated heterocycles. The van der Waals surface area contributed by atoms with Gasteiger partial charge in [-0.1, -0.05) is 48.5 Å². The Bertz CT molecular complexity index is 1080. The maximum Gasteiger partial charge on any atom is 0.307 e. The van der Waals surface area contributed by atoms with E-state index in [1.165, 1.54) is 6.21 Å². The van der Waals surface area contributed by atoms with E-state index in [1.54, 1.807) is 18.2 Å². The average molecular weight is 330 g/mol. The van der Waals surface area contributed by atoms with E-state index in [0.29, 0.717) is 11.1 Å². The maximum atomic E-state index is 12.2. The smallest absolute Gasteiger partial charge is 0.307 e. The number of rotatable bonds is 3. The third-order valence-corrected chi connectivity index (χ3v) is 3.96. The predicted octanol–water partition coefficient (Wildman–Crippen LogP) is 4.06. The fourth-order valence-corrected chi connectivity index (χ4v) is 2.72. The van der Waals surface area contributed by atoms with E-state index in [-0.39, 0.29) is 11.5 Å². The number of hydrazone groups is 1. The average Bonchev–Trinajstić information content (AvgIpc) is 3.08. The number of amides is 1. The Morgan fingerprint density at radius 2 is 1.76 bits per heavy atom. The number of hydrogen-bond donors (Lipinski definition) is 2. The number of nitrogens with zero attached hydrogens (tertiary/aromatic N) is 1. The fraction of sp³-hybridized carbons (Fsp3) is 0. The Morgan fingerprint density at radius 3 is 2.60 bits per heavy atom. The molecule has 0 fully saturated rings. The summed E-state index contributed by atoms with van der Waals surface area (Å²) in [6.07, 6.45) is 1.43. The molecule has 1 aromatic heterocycles. The van der Waals surface area contributed by atoms with Gasteiger partial charge < -0.3 is 9.52 Å². The minimum atomic E-state index is -0.452. The molecule has 25 heavy (non-hydrogen) atoms. The third-order valence-electron chi connectivity index (χ3n) is 3.96. The third kappa shape index (κ3) is 2.83. The maximum absolute atomic E-state index is 12.2. The van der Waals surface area contributed by atoms with Crippen LogP contribution in [0.25, 0.3) is 21.7 Å². The molecule has 3 aromatic carbocycles. The second-order valence-corrected chi connectivity index (χ2v) is 5.57. The van der Waals surface area contributed by atoms with E-state index in [9.17, 15) is 9.90 Å². The molecule has 0 bridgehead atoms. The van der Waals surface area contributed by atoms with Crippen molar-refractivity contribution in [2.24, 2.45) is 5.10 Å². The molecule has 0 saturated carbocycles. The van der Waals surface area contributed by atoms with Crippen molar-refractivity contribution in [1.29, 1.82) is 0 Å². The first kappa shape index (κ1) is 15.0. The highest BCUT2D eigenvalue weighted by atomic mass is 16.3. The van der Waals surface area contributed by atoms with Crippen LogP contribution < -0.4 is 5.43 Å². The minimum Gasteiger partial charge on any atom is -0.507 e. The molecule has 0 radical (unpaired) electrons. The van der Waals surface area contributed by atoms with Crippen LogP contribution in [0.1, 0.15) is 16.1 Å². The van der Waals surface area contributed by atoms with Crippen LogP contribution >= 0.6 is 0 Å². The van der Waals surface area contributed by atoms with Crippen LogP contribution in [0.2, 0.25) is 0 Å². The number of phenols is 1. The number of para-hydroxylation sites is 1. The van der Waals surface area contributed by atoms with E-state index < -0.39 is 5.91 Å². The second kappa shape index (κ2) is 6.13. The number of carbonyl (C=O) groups is 1. The number of carbonyl (C=O) groups excluding carboxylic acids is 1. The lowest BCUT2D eigenvalue weighted by atomic mass is 10.0. The minimum absolute atomic E-state index is 0.0976. The molecule has 0 aliphatic carbocycles. The Hall–Kier alpha value is -3.60. The highest BCUT2D eigenvalue weighted by Gasteiger charge is 2.11. The fourth-order valence-electron chi connectivity index (χ4n) is 2.72. The summed E-state index contributed by atoms with van der Waals surface area (Å²) in [6.45, 7) is 0. The van der Waals surface area contributed by atoms with Gasteiger partial charge in [0.05, 0.1) is 6.21 Å². The van der Waals surface area contributed by atoms with Crippen molar-refractivity contribution in [2.75, 3.05) is 0 Å². The van der Waals surface area contributed by atoms with Gasteiger partial charge in [-0.05, 0) is 29.0 Å². The van der Waals surface area contributed by atoms with Crippen molar-refractivity contribution in [3.8, 4) is 5.75 Å². The molecular formula is C20H14N2O3. The van der Waals surface area contributed by atoms with Crippen molar-refractivity contribution in [1.82, 2.24) is 5.43 Å².